The average Bonchev–Trinajstić information content (AvgIpc) is 2.47. The zero-order valence-corrected chi connectivity index (χ0v) is 12.1. The van der Waals surface area contributed by atoms with Crippen LogP contribution in [0.25, 0.3) is 0 Å². The van der Waals surface area contributed by atoms with E-state index in [1.54, 1.807) is 25.3 Å². The standard InChI is InChI=1S/C16H15ClO3/c1-19-13-5-3-4-11(8-13)9-15(18)12-6-7-14(17)16(10-12)20-2/h3-8,10H,9H2,1-2H3. The van der Waals surface area contributed by atoms with Crippen LogP contribution in [0.15, 0.2) is 42.5 Å². The Hall–Kier alpha value is -2.00. The third-order valence-corrected chi connectivity index (χ3v) is 3.28. The molecule has 0 amide bonds. The van der Waals surface area contributed by atoms with E-state index >= 15 is 0 Å². The van der Waals surface area contributed by atoms with Crippen LogP contribution in [0.5, 0.6) is 11.5 Å². The molecule has 0 saturated carbocycles. The molecule has 0 N–H and O–H groups in total. The Kier molecular flexibility index (Phi) is 4.64. The number of ether oxygens (including phenoxy) is 2. The molecule has 2 aromatic rings. The molecule has 0 bridgehead atoms. The molecule has 4 heteroatoms. The van der Waals surface area contributed by atoms with Crippen LogP contribution in [0, 0.1) is 0 Å². The predicted octanol–water partition coefficient (Wildman–Crippen LogP) is 3.78. The maximum atomic E-state index is 12.3. The second-order valence-electron chi connectivity index (χ2n) is 4.30. The second-order valence-corrected chi connectivity index (χ2v) is 4.71. The number of halogens is 1. The first kappa shape index (κ1) is 14.4. The van der Waals surface area contributed by atoms with E-state index in [9.17, 15) is 4.79 Å². The number of methoxy groups -OCH3 is 2. The fraction of sp³-hybridized carbons (Fsp3) is 0.188. The van der Waals surface area contributed by atoms with Gasteiger partial charge in [0.1, 0.15) is 11.5 Å². The molecule has 0 aliphatic carbocycles. The lowest BCUT2D eigenvalue weighted by molar-refractivity contribution is 0.0992. The normalized spacial score (nSPS) is 10.2. The summed E-state index contributed by atoms with van der Waals surface area (Å²) in [5.41, 5.74) is 1.48. The summed E-state index contributed by atoms with van der Waals surface area (Å²) in [6, 6.07) is 12.5. The summed E-state index contributed by atoms with van der Waals surface area (Å²) in [6.07, 6.45) is 0.308. The molecule has 0 aromatic heterocycles. The maximum Gasteiger partial charge on any atom is 0.167 e. The Morgan fingerprint density at radius 3 is 2.60 bits per heavy atom. The van der Waals surface area contributed by atoms with Crippen molar-refractivity contribution in [2.45, 2.75) is 6.42 Å². The lowest BCUT2D eigenvalue weighted by atomic mass is 10.0. The van der Waals surface area contributed by atoms with E-state index in [0.29, 0.717) is 22.8 Å². The van der Waals surface area contributed by atoms with Gasteiger partial charge in [0, 0.05) is 12.0 Å². The summed E-state index contributed by atoms with van der Waals surface area (Å²) < 4.78 is 10.3. The lowest BCUT2D eigenvalue weighted by Gasteiger charge is -2.07. The van der Waals surface area contributed by atoms with Crippen molar-refractivity contribution in [3.05, 3.63) is 58.6 Å². The van der Waals surface area contributed by atoms with E-state index in [2.05, 4.69) is 0 Å². The zero-order valence-electron chi connectivity index (χ0n) is 11.4. The van der Waals surface area contributed by atoms with Gasteiger partial charge in [0.25, 0.3) is 0 Å². The summed E-state index contributed by atoms with van der Waals surface area (Å²) in [6.45, 7) is 0. The molecule has 0 fully saturated rings. The minimum absolute atomic E-state index is 0.00761. The minimum Gasteiger partial charge on any atom is -0.497 e. The van der Waals surface area contributed by atoms with Gasteiger partial charge in [0.15, 0.2) is 5.78 Å². The van der Waals surface area contributed by atoms with Gasteiger partial charge < -0.3 is 9.47 Å². The van der Waals surface area contributed by atoms with Crippen molar-refractivity contribution in [3.8, 4) is 11.5 Å². The number of benzene rings is 2. The fourth-order valence-electron chi connectivity index (χ4n) is 1.90. The Balaban J connectivity index is 2.19. The Morgan fingerprint density at radius 1 is 1.10 bits per heavy atom. The largest absolute Gasteiger partial charge is 0.497 e. The van der Waals surface area contributed by atoms with Gasteiger partial charge in [0.05, 0.1) is 19.2 Å². The van der Waals surface area contributed by atoms with Crippen LogP contribution >= 0.6 is 11.6 Å². The second kappa shape index (κ2) is 6.44. The van der Waals surface area contributed by atoms with Crippen LogP contribution in [-0.4, -0.2) is 20.0 Å². The maximum absolute atomic E-state index is 12.3. The van der Waals surface area contributed by atoms with Crippen LogP contribution in [0.3, 0.4) is 0 Å². The zero-order chi connectivity index (χ0) is 14.5. The van der Waals surface area contributed by atoms with Crippen molar-refractivity contribution in [1.82, 2.24) is 0 Å². The number of rotatable bonds is 5. The molecule has 3 nitrogen and oxygen atoms in total. The van der Waals surface area contributed by atoms with Gasteiger partial charge in [-0.1, -0.05) is 23.7 Å². The highest BCUT2D eigenvalue weighted by Gasteiger charge is 2.10. The highest BCUT2D eigenvalue weighted by molar-refractivity contribution is 6.32. The van der Waals surface area contributed by atoms with E-state index < -0.39 is 0 Å². The SMILES string of the molecule is COc1cccc(CC(=O)c2ccc(Cl)c(OC)c2)c1. The third-order valence-electron chi connectivity index (χ3n) is 2.97. The lowest BCUT2D eigenvalue weighted by Crippen LogP contribution is -2.04. The van der Waals surface area contributed by atoms with Crippen LogP contribution in [-0.2, 0) is 6.42 Å². The molecule has 20 heavy (non-hydrogen) atoms. The fourth-order valence-corrected chi connectivity index (χ4v) is 2.10. The topological polar surface area (TPSA) is 35.5 Å². The number of carbonyl (C=O) groups is 1. The van der Waals surface area contributed by atoms with Crippen molar-refractivity contribution in [2.24, 2.45) is 0 Å². The smallest absolute Gasteiger partial charge is 0.167 e. The summed E-state index contributed by atoms with van der Waals surface area (Å²) in [7, 11) is 3.13. The van der Waals surface area contributed by atoms with Crippen molar-refractivity contribution in [2.75, 3.05) is 14.2 Å². The highest BCUT2D eigenvalue weighted by atomic mass is 35.5. The minimum atomic E-state index is 0.00761. The number of hydrogen-bond acceptors (Lipinski definition) is 3. The molecular formula is C16H15ClO3. The van der Waals surface area contributed by atoms with Crippen LogP contribution in [0.4, 0.5) is 0 Å². The number of ketones is 1. The van der Waals surface area contributed by atoms with E-state index in [4.69, 9.17) is 21.1 Å². The van der Waals surface area contributed by atoms with Gasteiger partial charge in [0.2, 0.25) is 0 Å². The van der Waals surface area contributed by atoms with Gasteiger partial charge in [-0.25, -0.2) is 0 Å². The molecule has 0 saturated heterocycles. The van der Waals surface area contributed by atoms with E-state index in [1.165, 1.54) is 7.11 Å². The molecule has 2 aromatic carbocycles. The van der Waals surface area contributed by atoms with Crippen LogP contribution in [0.1, 0.15) is 15.9 Å². The van der Waals surface area contributed by atoms with Crippen molar-refractivity contribution >= 4 is 17.4 Å². The van der Waals surface area contributed by atoms with Crippen molar-refractivity contribution in [3.63, 3.8) is 0 Å². The molecule has 104 valence electrons. The summed E-state index contributed by atoms with van der Waals surface area (Å²) >= 11 is 5.95. The van der Waals surface area contributed by atoms with Crippen LogP contribution in [0.2, 0.25) is 5.02 Å². The predicted molar refractivity (Wildman–Crippen MR) is 79.0 cm³/mol. The molecule has 0 radical (unpaired) electrons. The molecule has 0 unspecified atom stereocenters. The van der Waals surface area contributed by atoms with Gasteiger partial charge in [-0.05, 0) is 35.9 Å². The molecule has 0 aliphatic heterocycles. The Labute approximate surface area is 123 Å². The van der Waals surface area contributed by atoms with E-state index in [-0.39, 0.29) is 5.78 Å². The summed E-state index contributed by atoms with van der Waals surface area (Å²) in [5, 5.41) is 0.491. The Bertz CT molecular complexity index is 623. The Morgan fingerprint density at radius 2 is 1.90 bits per heavy atom. The van der Waals surface area contributed by atoms with E-state index in [1.807, 2.05) is 24.3 Å². The molecular weight excluding hydrogens is 276 g/mol. The summed E-state index contributed by atoms with van der Waals surface area (Å²) in [4.78, 5) is 12.3. The van der Waals surface area contributed by atoms with Gasteiger partial charge >= 0.3 is 0 Å². The quantitative estimate of drug-likeness (QED) is 0.786. The number of Topliss-reactive ketones (excluding diaryl/α,β-unsaturated/α-hetero) is 1. The average molecular weight is 291 g/mol. The number of hydrogen-bond donors (Lipinski definition) is 0. The van der Waals surface area contributed by atoms with Gasteiger partial charge in [-0.15, -0.1) is 0 Å². The van der Waals surface area contributed by atoms with Gasteiger partial charge in [-0.3, -0.25) is 4.79 Å². The molecule has 2 rings (SSSR count). The van der Waals surface area contributed by atoms with Crippen molar-refractivity contribution in [1.29, 1.82) is 0 Å². The first-order valence-corrected chi connectivity index (χ1v) is 6.51. The van der Waals surface area contributed by atoms with Crippen LogP contribution < -0.4 is 9.47 Å². The first-order valence-electron chi connectivity index (χ1n) is 6.13. The highest BCUT2D eigenvalue weighted by Crippen LogP contribution is 2.25. The van der Waals surface area contributed by atoms with Crippen molar-refractivity contribution < 1.29 is 14.3 Å². The monoisotopic (exact) mass is 290 g/mol. The molecule has 0 atom stereocenters. The molecule has 0 heterocycles. The summed E-state index contributed by atoms with van der Waals surface area (Å²) in [5.74, 6) is 1.25. The molecule has 0 aliphatic rings. The first-order chi connectivity index (χ1) is 9.63. The van der Waals surface area contributed by atoms with Gasteiger partial charge in [-0.2, -0.15) is 0 Å². The van der Waals surface area contributed by atoms with E-state index in [0.717, 1.165) is 11.3 Å². The third kappa shape index (κ3) is 3.31. The number of carbonyl (C=O) groups excluding carboxylic acids is 1. The molecule has 0 spiro atoms.